The zero-order valence-corrected chi connectivity index (χ0v) is 14.9. The number of ketones is 1. The van der Waals surface area contributed by atoms with E-state index in [4.69, 9.17) is 4.42 Å². The number of amides is 1. The first-order valence-corrected chi connectivity index (χ1v) is 8.45. The van der Waals surface area contributed by atoms with Gasteiger partial charge in [-0.1, -0.05) is 47.6 Å². The molecule has 2 heterocycles. The monoisotopic (exact) mass is 373 g/mol. The molecule has 8 heteroatoms. The molecule has 8 nitrogen and oxygen atoms in total. The van der Waals surface area contributed by atoms with Crippen molar-refractivity contribution in [1.29, 1.82) is 0 Å². The number of anilines is 1. The van der Waals surface area contributed by atoms with Crippen molar-refractivity contribution < 1.29 is 14.0 Å². The second-order valence-corrected chi connectivity index (χ2v) is 6.01. The van der Waals surface area contributed by atoms with Crippen LogP contribution < -0.4 is 5.32 Å². The lowest BCUT2D eigenvalue weighted by Gasteiger charge is -2.03. The van der Waals surface area contributed by atoms with Gasteiger partial charge in [0.15, 0.2) is 5.78 Å². The van der Waals surface area contributed by atoms with Gasteiger partial charge >= 0.3 is 6.01 Å². The van der Waals surface area contributed by atoms with Crippen molar-refractivity contribution in [2.45, 2.75) is 0 Å². The van der Waals surface area contributed by atoms with Crippen molar-refractivity contribution in [3.63, 3.8) is 0 Å². The highest BCUT2D eigenvalue weighted by Gasteiger charge is 2.15. The lowest BCUT2D eigenvalue weighted by atomic mass is 10.0. The van der Waals surface area contributed by atoms with Gasteiger partial charge in [-0.2, -0.15) is 5.10 Å². The first kappa shape index (κ1) is 17.3. The summed E-state index contributed by atoms with van der Waals surface area (Å²) in [6.45, 7) is 0. The summed E-state index contributed by atoms with van der Waals surface area (Å²) < 4.78 is 7.02. The van der Waals surface area contributed by atoms with Gasteiger partial charge < -0.3 is 4.42 Å². The van der Waals surface area contributed by atoms with Crippen LogP contribution in [0.5, 0.6) is 0 Å². The summed E-state index contributed by atoms with van der Waals surface area (Å²) in [5, 5.41) is 14.4. The molecule has 4 rings (SSSR count). The van der Waals surface area contributed by atoms with Crippen LogP contribution in [0.2, 0.25) is 0 Å². The summed E-state index contributed by atoms with van der Waals surface area (Å²) in [7, 11) is 1.77. The fraction of sp³-hybridized carbons (Fsp3) is 0.0500. The number of carbonyl (C=O) groups is 2. The van der Waals surface area contributed by atoms with Crippen LogP contribution >= 0.6 is 0 Å². The maximum atomic E-state index is 12.4. The number of aromatic nitrogens is 4. The third-order valence-corrected chi connectivity index (χ3v) is 4.02. The highest BCUT2D eigenvalue weighted by molar-refractivity contribution is 6.10. The van der Waals surface area contributed by atoms with Crippen LogP contribution in [0.4, 0.5) is 6.01 Å². The average Bonchev–Trinajstić information content (AvgIpc) is 3.37. The number of rotatable bonds is 5. The molecule has 4 aromatic rings. The van der Waals surface area contributed by atoms with E-state index in [1.807, 2.05) is 6.07 Å². The topological polar surface area (TPSA) is 103 Å². The predicted molar refractivity (Wildman–Crippen MR) is 101 cm³/mol. The Kier molecular flexibility index (Phi) is 4.51. The molecule has 2 aromatic heterocycles. The number of nitrogens with zero attached hydrogens (tertiary/aromatic N) is 4. The van der Waals surface area contributed by atoms with Crippen molar-refractivity contribution in [2.75, 3.05) is 5.32 Å². The van der Waals surface area contributed by atoms with Crippen LogP contribution in [0.1, 0.15) is 26.3 Å². The molecule has 0 saturated carbocycles. The van der Waals surface area contributed by atoms with Crippen LogP contribution in [-0.4, -0.2) is 31.7 Å². The van der Waals surface area contributed by atoms with Crippen LogP contribution in [0.3, 0.4) is 0 Å². The van der Waals surface area contributed by atoms with E-state index in [0.717, 1.165) is 0 Å². The Hall–Kier alpha value is -4.07. The summed E-state index contributed by atoms with van der Waals surface area (Å²) in [5.41, 5.74) is 1.96. The Balaban J connectivity index is 1.45. The van der Waals surface area contributed by atoms with Crippen molar-refractivity contribution in [3.05, 3.63) is 83.6 Å². The number of aryl methyl sites for hydroxylation is 1. The fourth-order valence-corrected chi connectivity index (χ4v) is 2.60. The Labute approximate surface area is 159 Å². The van der Waals surface area contributed by atoms with E-state index in [9.17, 15) is 9.59 Å². The average molecular weight is 373 g/mol. The van der Waals surface area contributed by atoms with E-state index in [1.54, 1.807) is 72.5 Å². The third kappa shape index (κ3) is 3.56. The van der Waals surface area contributed by atoms with Gasteiger partial charge in [-0.3, -0.25) is 19.6 Å². The fourth-order valence-electron chi connectivity index (χ4n) is 2.60. The molecule has 0 unspecified atom stereocenters. The van der Waals surface area contributed by atoms with Gasteiger partial charge in [0.25, 0.3) is 11.8 Å². The van der Waals surface area contributed by atoms with E-state index in [0.29, 0.717) is 22.4 Å². The standard InChI is InChI=1S/C20H15N5O3/c1-25-12-11-16(24-25)19-22-23-20(28-19)21-18(27)15-9-7-14(8-10-15)17(26)13-5-3-2-4-6-13/h2-12H,1H3,(H,21,23,27). The molecule has 2 aromatic carbocycles. The molecule has 0 bridgehead atoms. The predicted octanol–water partition coefficient (Wildman–Crippen LogP) is 2.95. The zero-order chi connectivity index (χ0) is 19.5. The molecule has 28 heavy (non-hydrogen) atoms. The first-order chi connectivity index (χ1) is 13.6. The van der Waals surface area contributed by atoms with Gasteiger partial charge in [-0.15, -0.1) is 5.10 Å². The van der Waals surface area contributed by atoms with E-state index in [2.05, 4.69) is 20.6 Å². The first-order valence-electron chi connectivity index (χ1n) is 8.45. The number of hydrogen-bond donors (Lipinski definition) is 1. The zero-order valence-electron chi connectivity index (χ0n) is 14.9. The number of benzene rings is 2. The van der Waals surface area contributed by atoms with Gasteiger partial charge in [0.2, 0.25) is 0 Å². The summed E-state index contributed by atoms with van der Waals surface area (Å²) in [4.78, 5) is 24.8. The van der Waals surface area contributed by atoms with E-state index < -0.39 is 5.91 Å². The van der Waals surface area contributed by atoms with E-state index in [-0.39, 0.29) is 17.7 Å². The molecular weight excluding hydrogens is 358 g/mol. The molecular formula is C20H15N5O3. The van der Waals surface area contributed by atoms with Crippen LogP contribution in [0, 0.1) is 0 Å². The van der Waals surface area contributed by atoms with Crippen LogP contribution in [-0.2, 0) is 7.05 Å². The van der Waals surface area contributed by atoms with Crippen LogP contribution in [0.25, 0.3) is 11.6 Å². The largest absolute Gasteiger partial charge is 0.401 e. The van der Waals surface area contributed by atoms with Gasteiger partial charge in [0.05, 0.1) is 0 Å². The Bertz CT molecular complexity index is 1130. The minimum Gasteiger partial charge on any atom is -0.401 e. The van der Waals surface area contributed by atoms with Crippen molar-refractivity contribution in [3.8, 4) is 11.6 Å². The smallest absolute Gasteiger partial charge is 0.322 e. The molecule has 0 aliphatic carbocycles. The minimum absolute atomic E-state index is 0.0323. The van der Waals surface area contributed by atoms with E-state index >= 15 is 0 Å². The number of carbonyl (C=O) groups excluding carboxylic acids is 2. The highest BCUT2D eigenvalue weighted by Crippen LogP contribution is 2.18. The highest BCUT2D eigenvalue weighted by atomic mass is 16.4. The molecule has 1 amide bonds. The Morgan fingerprint density at radius 2 is 1.57 bits per heavy atom. The summed E-state index contributed by atoms with van der Waals surface area (Å²) >= 11 is 0. The van der Waals surface area contributed by atoms with Gasteiger partial charge in [-0.05, 0) is 18.2 Å². The molecule has 138 valence electrons. The molecule has 0 saturated heterocycles. The second-order valence-electron chi connectivity index (χ2n) is 6.01. The lowest BCUT2D eigenvalue weighted by molar-refractivity contribution is 0.101. The van der Waals surface area contributed by atoms with Crippen LogP contribution in [0.15, 0.2) is 71.3 Å². The second kappa shape index (κ2) is 7.28. The molecule has 0 fully saturated rings. The summed E-state index contributed by atoms with van der Waals surface area (Å²) in [6, 6.07) is 17.0. The van der Waals surface area contributed by atoms with Crippen molar-refractivity contribution in [1.82, 2.24) is 20.0 Å². The summed E-state index contributed by atoms with van der Waals surface area (Å²) in [6.07, 6.45) is 1.75. The van der Waals surface area contributed by atoms with E-state index in [1.165, 1.54) is 0 Å². The Morgan fingerprint density at radius 3 is 2.25 bits per heavy atom. The number of hydrogen-bond acceptors (Lipinski definition) is 6. The molecule has 0 radical (unpaired) electrons. The van der Waals surface area contributed by atoms with Crippen molar-refractivity contribution >= 4 is 17.7 Å². The SMILES string of the molecule is Cn1ccc(-c2nnc(NC(=O)c3ccc(C(=O)c4ccccc4)cc3)o2)n1. The normalized spacial score (nSPS) is 10.6. The molecule has 0 atom stereocenters. The maximum Gasteiger partial charge on any atom is 0.322 e. The van der Waals surface area contributed by atoms with Gasteiger partial charge in [0, 0.05) is 29.9 Å². The maximum absolute atomic E-state index is 12.4. The Morgan fingerprint density at radius 1 is 0.893 bits per heavy atom. The van der Waals surface area contributed by atoms with Gasteiger partial charge in [0.1, 0.15) is 5.69 Å². The molecule has 1 N–H and O–H groups in total. The van der Waals surface area contributed by atoms with Gasteiger partial charge in [-0.25, -0.2) is 0 Å². The quantitative estimate of drug-likeness (QED) is 0.540. The lowest BCUT2D eigenvalue weighted by Crippen LogP contribution is -2.12. The van der Waals surface area contributed by atoms with Crippen molar-refractivity contribution in [2.24, 2.45) is 7.05 Å². The number of nitrogens with one attached hydrogen (secondary N) is 1. The summed E-state index contributed by atoms with van der Waals surface area (Å²) in [5.74, 6) is -0.320. The minimum atomic E-state index is -0.421. The molecule has 0 spiro atoms. The third-order valence-electron chi connectivity index (χ3n) is 4.02. The molecule has 0 aliphatic rings. The molecule has 0 aliphatic heterocycles.